The number of carbonyl (C=O) groups excluding carboxylic acids is 1. The van der Waals surface area contributed by atoms with Gasteiger partial charge in [0.05, 0.1) is 6.54 Å². The lowest BCUT2D eigenvalue weighted by molar-refractivity contribution is -0.138. The highest BCUT2D eigenvalue weighted by atomic mass is 19.1. The van der Waals surface area contributed by atoms with Crippen molar-refractivity contribution < 1.29 is 19.1 Å². The normalized spacial score (nSPS) is 10.3. The Labute approximate surface area is 116 Å². The molecule has 1 amide bonds. The first-order chi connectivity index (χ1) is 9.52. The Morgan fingerprint density at radius 2 is 2.10 bits per heavy atom. The zero-order valence-electron chi connectivity index (χ0n) is 11.0. The first-order valence-electron chi connectivity index (χ1n) is 6.08. The zero-order valence-corrected chi connectivity index (χ0v) is 11.0. The molecule has 6 heteroatoms. The predicted octanol–water partition coefficient (Wildman–Crippen LogP) is 1.01. The average molecular weight is 280 g/mol. The van der Waals surface area contributed by atoms with Crippen LogP contribution in [-0.2, 0) is 16.1 Å². The fraction of sp³-hybridized carbons (Fsp3) is 0.286. The van der Waals surface area contributed by atoms with Crippen molar-refractivity contribution in [1.82, 2.24) is 10.2 Å². The molecule has 20 heavy (non-hydrogen) atoms. The molecule has 2 N–H and O–H groups in total. The Bertz CT molecular complexity index is 491. The minimum absolute atomic E-state index is 0.0202. The number of hydrogen-bond acceptors (Lipinski definition) is 3. The van der Waals surface area contributed by atoms with E-state index in [9.17, 15) is 14.0 Å². The highest BCUT2D eigenvalue weighted by Crippen LogP contribution is 2.09. The standard InChI is InChI=1S/C14H17FN2O3/c1-2-7-17(10-13(18)16-8-14(19)20)9-11-5-3-4-6-12(11)15/h2-6H,1,7-10H2,(H,16,18)(H,19,20). The van der Waals surface area contributed by atoms with Crippen LogP contribution in [-0.4, -0.2) is 41.5 Å². The summed E-state index contributed by atoms with van der Waals surface area (Å²) in [6.07, 6.45) is 1.60. The van der Waals surface area contributed by atoms with Gasteiger partial charge < -0.3 is 10.4 Å². The number of aliphatic carboxylic acids is 1. The van der Waals surface area contributed by atoms with E-state index < -0.39 is 18.4 Å². The van der Waals surface area contributed by atoms with E-state index in [1.807, 2.05) is 0 Å². The summed E-state index contributed by atoms with van der Waals surface area (Å²) in [5.41, 5.74) is 0.473. The van der Waals surface area contributed by atoms with E-state index >= 15 is 0 Å². The number of halogens is 1. The van der Waals surface area contributed by atoms with Crippen molar-refractivity contribution in [3.8, 4) is 0 Å². The minimum atomic E-state index is -1.11. The molecule has 0 fully saturated rings. The van der Waals surface area contributed by atoms with Gasteiger partial charge >= 0.3 is 5.97 Å². The maximum Gasteiger partial charge on any atom is 0.322 e. The van der Waals surface area contributed by atoms with Crippen molar-refractivity contribution in [3.05, 3.63) is 48.3 Å². The highest BCUT2D eigenvalue weighted by Gasteiger charge is 2.12. The molecule has 0 radical (unpaired) electrons. The monoisotopic (exact) mass is 280 g/mol. The lowest BCUT2D eigenvalue weighted by atomic mass is 10.2. The van der Waals surface area contributed by atoms with Crippen LogP contribution in [0.4, 0.5) is 4.39 Å². The summed E-state index contributed by atoms with van der Waals surface area (Å²) in [5, 5.41) is 10.7. The summed E-state index contributed by atoms with van der Waals surface area (Å²) >= 11 is 0. The number of carboxylic acid groups (broad SMARTS) is 1. The van der Waals surface area contributed by atoms with Gasteiger partial charge in [0.25, 0.3) is 0 Å². The van der Waals surface area contributed by atoms with Gasteiger partial charge in [-0.25, -0.2) is 4.39 Å². The van der Waals surface area contributed by atoms with Crippen molar-refractivity contribution in [1.29, 1.82) is 0 Å². The fourth-order valence-corrected chi connectivity index (χ4v) is 1.67. The molecular weight excluding hydrogens is 263 g/mol. The molecule has 1 rings (SSSR count). The van der Waals surface area contributed by atoms with Crippen LogP contribution in [0.15, 0.2) is 36.9 Å². The van der Waals surface area contributed by atoms with E-state index in [1.54, 1.807) is 29.2 Å². The third-order valence-corrected chi connectivity index (χ3v) is 2.54. The molecular formula is C14H17FN2O3. The van der Waals surface area contributed by atoms with Crippen LogP contribution in [0.2, 0.25) is 0 Å². The van der Waals surface area contributed by atoms with Gasteiger partial charge in [-0.2, -0.15) is 0 Å². The van der Waals surface area contributed by atoms with Crippen LogP contribution < -0.4 is 5.32 Å². The highest BCUT2D eigenvalue weighted by molar-refractivity contribution is 5.82. The Morgan fingerprint density at radius 1 is 1.40 bits per heavy atom. The SMILES string of the molecule is C=CCN(CC(=O)NCC(=O)O)Cc1ccccc1F. The summed E-state index contributed by atoms with van der Waals surface area (Å²) in [4.78, 5) is 23.6. The summed E-state index contributed by atoms with van der Waals surface area (Å²) in [6.45, 7) is 3.78. The summed E-state index contributed by atoms with van der Waals surface area (Å²) in [7, 11) is 0. The van der Waals surface area contributed by atoms with Crippen LogP contribution in [0.25, 0.3) is 0 Å². The third-order valence-electron chi connectivity index (χ3n) is 2.54. The molecule has 0 aliphatic rings. The van der Waals surface area contributed by atoms with Gasteiger partial charge in [0.2, 0.25) is 5.91 Å². The van der Waals surface area contributed by atoms with Crippen molar-refractivity contribution in [2.24, 2.45) is 0 Å². The first kappa shape index (κ1) is 15.8. The first-order valence-corrected chi connectivity index (χ1v) is 6.08. The molecule has 0 atom stereocenters. The molecule has 0 aromatic heterocycles. The van der Waals surface area contributed by atoms with Crippen LogP contribution in [0.1, 0.15) is 5.56 Å². The average Bonchev–Trinajstić information content (AvgIpc) is 2.39. The van der Waals surface area contributed by atoms with Crippen molar-refractivity contribution >= 4 is 11.9 Å². The lowest BCUT2D eigenvalue weighted by Gasteiger charge is -2.20. The topological polar surface area (TPSA) is 69.6 Å². The number of rotatable bonds is 8. The molecule has 1 aromatic rings. The second-order valence-electron chi connectivity index (χ2n) is 4.22. The number of carbonyl (C=O) groups is 2. The van der Waals surface area contributed by atoms with Crippen LogP contribution in [0.3, 0.4) is 0 Å². The van der Waals surface area contributed by atoms with Gasteiger partial charge in [-0.3, -0.25) is 14.5 Å². The molecule has 0 saturated carbocycles. The van der Waals surface area contributed by atoms with Gasteiger partial charge in [-0.1, -0.05) is 24.3 Å². The van der Waals surface area contributed by atoms with E-state index in [2.05, 4.69) is 11.9 Å². The number of nitrogens with zero attached hydrogens (tertiary/aromatic N) is 1. The molecule has 0 bridgehead atoms. The summed E-state index contributed by atoms with van der Waals surface area (Å²) in [6, 6.07) is 6.30. The molecule has 108 valence electrons. The second-order valence-corrected chi connectivity index (χ2v) is 4.22. The second kappa shape index (κ2) is 8.06. The van der Waals surface area contributed by atoms with E-state index in [0.717, 1.165) is 0 Å². The molecule has 0 spiro atoms. The summed E-state index contributed by atoms with van der Waals surface area (Å²) < 4.78 is 13.6. The van der Waals surface area contributed by atoms with E-state index in [0.29, 0.717) is 12.1 Å². The number of nitrogens with one attached hydrogen (secondary N) is 1. The zero-order chi connectivity index (χ0) is 15.0. The molecule has 0 saturated heterocycles. The third kappa shape index (κ3) is 5.62. The number of benzene rings is 1. The van der Waals surface area contributed by atoms with Crippen LogP contribution >= 0.6 is 0 Å². The molecule has 0 unspecified atom stereocenters. The number of hydrogen-bond donors (Lipinski definition) is 2. The number of carboxylic acids is 1. The van der Waals surface area contributed by atoms with E-state index in [1.165, 1.54) is 6.07 Å². The Kier molecular flexibility index (Phi) is 6.39. The van der Waals surface area contributed by atoms with Gasteiger partial charge in [0.15, 0.2) is 0 Å². The Morgan fingerprint density at radius 3 is 2.70 bits per heavy atom. The largest absolute Gasteiger partial charge is 0.480 e. The van der Waals surface area contributed by atoms with Crippen LogP contribution in [0, 0.1) is 5.82 Å². The molecule has 1 aromatic carbocycles. The Balaban J connectivity index is 2.60. The molecule has 0 heterocycles. The quantitative estimate of drug-likeness (QED) is 0.697. The maximum absolute atomic E-state index is 13.6. The van der Waals surface area contributed by atoms with Crippen molar-refractivity contribution in [2.45, 2.75) is 6.54 Å². The predicted molar refractivity (Wildman–Crippen MR) is 72.5 cm³/mol. The molecule has 0 aliphatic heterocycles. The fourth-order valence-electron chi connectivity index (χ4n) is 1.67. The minimum Gasteiger partial charge on any atom is -0.480 e. The molecule has 5 nitrogen and oxygen atoms in total. The smallest absolute Gasteiger partial charge is 0.322 e. The van der Waals surface area contributed by atoms with Gasteiger partial charge in [-0.15, -0.1) is 6.58 Å². The van der Waals surface area contributed by atoms with Crippen molar-refractivity contribution in [3.63, 3.8) is 0 Å². The summed E-state index contributed by atoms with van der Waals surface area (Å²) in [5.74, 6) is -1.87. The van der Waals surface area contributed by atoms with Crippen LogP contribution in [0.5, 0.6) is 0 Å². The van der Waals surface area contributed by atoms with Crippen molar-refractivity contribution in [2.75, 3.05) is 19.6 Å². The number of amides is 1. The van der Waals surface area contributed by atoms with Gasteiger partial charge in [0, 0.05) is 18.7 Å². The Hall–Kier alpha value is -2.21. The van der Waals surface area contributed by atoms with Gasteiger partial charge in [0.1, 0.15) is 12.4 Å². The van der Waals surface area contributed by atoms with E-state index in [-0.39, 0.29) is 18.9 Å². The lowest BCUT2D eigenvalue weighted by Crippen LogP contribution is -2.39. The maximum atomic E-state index is 13.6. The molecule has 0 aliphatic carbocycles. The van der Waals surface area contributed by atoms with Gasteiger partial charge in [-0.05, 0) is 6.07 Å². The van der Waals surface area contributed by atoms with E-state index in [4.69, 9.17) is 5.11 Å².